The fraction of sp³-hybridized carbons (Fsp3) is 0.618. The molecule has 3 atom stereocenters. The molecule has 1 amide bonds. The number of hydrogen-bond acceptors (Lipinski definition) is 9. The van der Waals surface area contributed by atoms with E-state index in [4.69, 9.17) is 28.4 Å². The first-order valence-corrected chi connectivity index (χ1v) is 15.9. The van der Waals surface area contributed by atoms with Crippen LogP contribution in [0, 0.1) is 0 Å². The largest absolute Gasteiger partial charge is 0.490 e. The van der Waals surface area contributed by atoms with Gasteiger partial charge in [0.15, 0.2) is 0 Å². The summed E-state index contributed by atoms with van der Waals surface area (Å²) in [5, 5.41) is 3.49. The number of methoxy groups -OCH3 is 2. The minimum absolute atomic E-state index is 0.0106. The maximum atomic E-state index is 12.7. The molecular weight excluding hydrogens is 562 g/mol. The molecule has 1 fully saturated rings. The Bertz CT molecular complexity index is 1130. The fourth-order valence-corrected chi connectivity index (χ4v) is 5.78. The van der Waals surface area contributed by atoms with Gasteiger partial charge in [-0.05, 0) is 41.7 Å². The summed E-state index contributed by atoms with van der Waals surface area (Å²) in [5.41, 5.74) is 4.41. The van der Waals surface area contributed by atoms with Crippen LogP contribution in [0.1, 0.15) is 42.4 Å². The second-order valence-corrected chi connectivity index (χ2v) is 11.5. The highest BCUT2D eigenvalue weighted by Gasteiger charge is 2.36. The number of anilines is 1. The van der Waals surface area contributed by atoms with Crippen molar-refractivity contribution in [3.63, 3.8) is 0 Å². The van der Waals surface area contributed by atoms with Crippen LogP contribution in [0.5, 0.6) is 5.75 Å². The van der Waals surface area contributed by atoms with Gasteiger partial charge >= 0.3 is 0 Å². The van der Waals surface area contributed by atoms with Crippen LogP contribution in [0.3, 0.4) is 0 Å². The predicted molar refractivity (Wildman–Crippen MR) is 170 cm³/mol. The predicted octanol–water partition coefficient (Wildman–Crippen LogP) is 3.61. The van der Waals surface area contributed by atoms with Crippen LogP contribution in [0.2, 0.25) is 0 Å². The van der Waals surface area contributed by atoms with E-state index in [9.17, 15) is 4.79 Å². The highest BCUT2D eigenvalue weighted by atomic mass is 16.5. The van der Waals surface area contributed by atoms with Crippen molar-refractivity contribution in [3.8, 4) is 5.75 Å². The molecule has 0 aliphatic carbocycles. The summed E-state index contributed by atoms with van der Waals surface area (Å²) in [4.78, 5) is 16.8. The molecular formula is C34H51N3O7. The van der Waals surface area contributed by atoms with Gasteiger partial charge in [-0.3, -0.25) is 4.79 Å². The van der Waals surface area contributed by atoms with E-state index in [1.807, 2.05) is 13.1 Å². The lowest BCUT2D eigenvalue weighted by Gasteiger charge is -2.39. The van der Waals surface area contributed by atoms with E-state index in [1.165, 1.54) is 0 Å². The Morgan fingerprint density at radius 2 is 1.73 bits per heavy atom. The third-order valence-electron chi connectivity index (χ3n) is 8.19. The molecule has 2 aromatic carbocycles. The van der Waals surface area contributed by atoms with Crippen LogP contribution >= 0.6 is 0 Å². The molecule has 0 bridgehead atoms. The van der Waals surface area contributed by atoms with Gasteiger partial charge in [0.25, 0.3) is 0 Å². The highest BCUT2D eigenvalue weighted by molar-refractivity contribution is 5.77. The van der Waals surface area contributed by atoms with Gasteiger partial charge < -0.3 is 43.5 Å². The molecule has 0 saturated carbocycles. The van der Waals surface area contributed by atoms with Crippen LogP contribution < -0.4 is 15.0 Å². The summed E-state index contributed by atoms with van der Waals surface area (Å²) < 4.78 is 35.0. The van der Waals surface area contributed by atoms with Crippen molar-refractivity contribution < 1.29 is 33.2 Å². The molecule has 2 aliphatic heterocycles. The smallest absolute Gasteiger partial charge is 0.248 e. The van der Waals surface area contributed by atoms with E-state index in [1.54, 1.807) is 19.1 Å². The average Bonchev–Trinajstić information content (AvgIpc) is 3.05. The lowest BCUT2D eigenvalue weighted by atomic mass is 9.85. The summed E-state index contributed by atoms with van der Waals surface area (Å²) in [6.45, 7) is 9.45. The zero-order valence-corrected chi connectivity index (χ0v) is 26.9. The fourth-order valence-electron chi connectivity index (χ4n) is 5.78. The Labute approximate surface area is 262 Å². The maximum Gasteiger partial charge on any atom is 0.248 e. The number of benzene rings is 2. The first-order chi connectivity index (χ1) is 21.5. The van der Waals surface area contributed by atoms with Crippen molar-refractivity contribution in [1.29, 1.82) is 0 Å². The molecule has 10 nitrogen and oxygen atoms in total. The second-order valence-electron chi connectivity index (χ2n) is 11.5. The first kappa shape index (κ1) is 34.1. The Balaban J connectivity index is 1.47. The normalized spacial score (nSPS) is 19.8. The molecule has 2 heterocycles. The minimum atomic E-state index is -0.218. The number of carbonyl (C=O) groups is 1. The molecule has 1 saturated heterocycles. The van der Waals surface area contributed by atoms with Gasteiger partial charge in [-0.25, -0.2) is 0 Å². The number of fused-ring (bicyclic) bond motifs is 1. The first-order valence-electron chi connectivity index (χ1n) is 15.9. The molecule has 2 aromatic rings. The quantitative estimate of drug-likeness (QED) is 0.253. The second kappa shape index (κ2) is 18.3. The zero-order chi connectivity index (χ0) is 31.1. The molecule has 10 heteroatoms. The monoisotopic (exact) mass is 613 g/mol. The number of nitrogens with one attached hydrogen (secondary N) is 1. The molecule has 0 aromatic heterocycles. The van der Waals surface area contributed by atoms with Gasteiger partial charge in [-0.15, -0.1) is 0 Å². The van der Waals surface area contributed by atoms with Crippen molar-refractivity contribution >= 4 is 11.6 Å². The van der Waals surface area contributed by atoms with E-state index in [-0.39, 0.29) is 30.6 Å². The van der Waals surface area contributed by atoms with E-state index < -0.39 is 0 Å². The third-order valence-corrected chi connectivity index (χ3v) is 8.19. The van der Waals surface area contributed by atoms with Crippen LogP contribution in [0.25, 0.3) is 0 Å². The Morgan fingerprint density at radius 1 is 0.977 bits per heavy atom. The Kier molecular flexibility index (Phi) is 14.2. The van der Waals surface area contributed by atoms with Gasteiger partial charge in [0.1, 0.15) is 19.0 Å². The topological polar surface area (TPSA) is 91.0 Å². The molecule has 4 rings (SSSR count). The molecule has 1 N–H and O–H groups in total. The number of hydrogen-bond donors (Lipinski definition) is 1. The average molecular weight is 614 g/mol. The summed E-state index contributed by atoms with van der Waals surface area (Å²) >= 11 is 0. The lowest BCUT2D eigenvalue weighted by Crippen LogP contribution is -2.51. The highest BCUT2D eigenvalue weighted by Crippen LogP contribution is 2.34. The maximum absolute atomic E-state index is 12.7. The van der Waals surface area contributed by atoms with Crippen LogP contribution in [-0.4, -0.2) is 110 Å². The van der Waals surface area contributed by atoms with E-state index in [0.29, 0.717) is 52.7 Å². The van der Waals surface area contributed by atoms with Gasteiger partial charge in [0.2, 0.25) is 5.91 Å². The van der Waals surface area contributed by atoms with E-state index >= 15 is 0 Å². The summed E-state index contributed by atoms with van der Waals surface area (Å²) in [6.07, 6.45) is 1.51. The number of piperidine rings is 1. The number of carbonyl (C=O) groups excluding carboxylic acids is 1. The van der Waals surface area contributed by atoms with Gasteiger partial charge in [-0.1, -0.05) is 37.3 Å². The molecule has 0 unspecified atom stereocenters. The van der Waals surface area contributed by atoms with Crippen LogP contribution in [0.4, 0.5) is 5.69 Å². The SMILES string of the molecule is CCCN(C)C(=O)CO[C@@H]1CNC[C@H](OCc2ccc3c(c2)N(CCCOC)CCO3)[C@H]1c1ccc(COCCOC)cc1. The van der Waals surface area contributed by atoms with Crippen molar-refractivity contribution in [3.05, 3.63) is 59.2 Å². The Morgan fingerprint density at radius 3 is 2.48 bits per heavy atom. The number of rotatable bonds is 18. The number of nitrogens with zero attached hydrogens (tertiary/aromatic N) is 2. The van der Waals surface area contributed by atoms with E-state index in [2.05, 4.69) is 53.5 Å². The molecule has 2 aliphatic rings. The minimum Gasteiger partial charge on any atom is -0.490 e. The summed E-state index contributed by atoms with van der Waals surface area (Å²) in [7, 11) is 5.23. The number of ether oxygens (including phenoxy) is 6. The standard InChI is InChI=1S/C34H51N3O7/c1-5-13-36(2)33(38)25-44-32-22-35-21-31(34(32)28-10-7-26(8-11-28)23-41-19-18-40-4)43-24-27-9-12-30-29(20-27)37(15-17-42-30)14-6-16-39-3/h7-12,20,31-32,34-35H,5-6,13-19,21-25H2,1-4H3/t31-,32+,34+/m0/s1. The van der Waals surface area contributed by atoms with Gasteiger partial charge in [0.05, 0.1) is 50.9 Å². The van der Waals surface area contributed by atoms with Crippen LogP contribution in [0.15, 0.2) is 42.5 Å². The van der Waals surface area contributed by atoms with Crippen molar-refractivity contribution in [1.82, 2.24) is 10.2 Å². The van der Waals surface area contributed by atoms with Crippen molar-refractivity contribution in [2.24, 2.45) is 0 Å². The van der Waals surface area contributed by atoms with Crippen molar-refractivity contribution in [2.45, 2.75) is 51.1 Å². The Hall–Kier alpha value is -2.73. The number of likely N-dealkylation sites (N-methyl/N-ethyl adjacent to an activating group) is 1. The lowest BCUT2D eigenvalue weighted by molar-refractivity contribution is -0.139. The van der Waals surface area contributed by atoms with Crippen molar-refractivity contribution in [2.75, 3.05) is 91.9 Å². The van der Waals surface area contributed by atoms with Gasteiger partial charge in [-0.2, -0.15) is 0 Å². The summed E-state index contributed by atoms with van der Waals surface area (Å²) in [5.74, 6) is 0.853. The molecule has 244 valence electrons. The molecule has 44 heavy (non-hydrogen) atoms. The molecule has 0 spiro atoms. The zero-order valence-electron chi connectivity index (χ0n) is 26.9. The van der Waals surface area contributed by atoms with E-state index in [0.717, 1.165) is 60.7 Å². The van der Waals surface area contributed by atoms with Crippen LogP contribution in [-0.2, 0) is 41.7 Å². The molecule has 0 radical (unpaired) electrons. The van der Waals surface area contributed by atoms with Gasteiger partial charge in [0, 0.05) is 60.0 Å². The number of amides is 1. The summed E-state index contributed by atoms with van der Waals surface area (Å²) in [6, 6.07) is 14.8. The third kappa shape index (κ3) is 9.89.